The van der Waals surface area contributed by atoms with Crippen LogP contribution in [0.25, 0.3) is 0 Å². The summed E-state index contributed by atoms with van der Waals surface area (Å²) in [4.78, 5) is 0. The molecule has 100 valence electrons. The van der Waals surface area contributed by atoms with E-state index in [1.165, 1.54) is 40.7 Å². The van der Waals surface area contributed by atoms with Crippen molar-refractivity contribution in [2.24, 2.45) is 5.73 Å². The van der Waals surface area contributed by atoms with Crippen LogP contribution in [0.5, 0.6) is 0 Å². The van der Waals surface area contributed by atoms with Crippen molar-refractivity contribution >= 4 is 0 Å². The Morgan fingerprint density at radius 1 is 1.16 bits per heavy atom. The standard InChI is InChI=1S/C17H22N2/c1-12-6-13(2)8-14(7-12)9-19-10-15-4-3-5-17(18)16(15)11-19/h6-8,10-11,17H,3-5,9,18H2,1-2H3. The van der Waals surface area contributed by atoms with Gasteiger partial charge < -0.3 is 10.3 Å². The first-order valence-electron chi connectivity index (χ1n) is 7.13. The highest BCUT2D eigenvalue weighted by molar-refractivity contribution is 5.32. The highest BCUT2D eigenvalue weighted by atomic mass is 14.9. The Bertz CT molecular complexity index is 575. The molecule has 0 fully saturated rings. The van der Waals surface area contributed by atoms with Crippen molar-refractivity contribution in [2.45, 2.75) is 45.7 Å². The van der Waals surface area contributed by atoms with E-state index in [2.05, 4.69) is 49.0 Å². The number of hydrogen-bond acceptors (Lipinski definition) is 1. The van der Waals surface area contributed by atoms with Gasteiger partial charge in [-0.25, -0.2) is 0 Å². The molecule has 1 aromatic carbocycles. The number of fused-ring (bicyclic) bond motifs is 1. The zero-order chi connectivity index (χ0) is 13.4. The fourth-order valence-electron chi connectivity index (χ4n) is 3.25. The third kappa shape index (κ3) is 2.59. The van der Waals surface area contributed by atoms with E-state index < -0.39 is 0 Å². The summed E-state index contributed by atoms with van der Waals surface area (Å²) < 4.78 is 2.30. The van der Waals surface area contributed by atoms with Crippen LogP contribution in [0.2, 0.25) is 0 Å². The fourth-order valence-corrected chi connectivity index (χ4v) is 3.25. The van der Waals surface area contributed by atoms with Crippen molar-refractivity contribution in [1.29, 1.82) is 0 Å². The van der Waals surface area contributed by atoms with Crippen LogP contribution in [0.4, 0.5) is 0 Å². The van der Waals surface area contributed by atoms with Gasteiger partial charge in [0.25, 0.3) is 0 Å². The zero-order valence-corrected chi connectivity index (χ0v) is 11.8. The van der Waals surface area contributed by atoms with Gasteiger partial charge in [-0.3, -0.25) is 0 Å². The number of aryl methyl sites for hydroxylation is 3. The summed E-state index contributed by atoms with van der Waals surface area (Å²) in [6, 6.07) is 7.00. The summed E-state index contributed by atoms with van der Waals surface area (Å²) >= 11 is 0. The lowest BCUT2D eigenvalue weighted by molar-refractivity contribution is 0.573. The number of nitrogens with two attached hydrogens (primary N) is 1. The van der Waals surface area contributed by atoms with Crippen molar-refractivity contribution in [2.75, 3.05) is 0 Å². The second-order valence-electron chi connectivity index (χ2n) is 5.91. The molecule has 1 atom stereocenters. The molecule has 1 heterocycles. The lowest BCUT2D eigenvalue weighted by Gasteiger charge is -2.17. The first-order chi connectivity index (χ1) is 9.11. The molecule has 0 bridgehead atoms. The fraction of sp³-hybridized carbons (Fsp3) is 0.412. The molecular weight excluding hydrogens is 232 g/mol. The molecule has 2 nitrogen and oxygen atoms in total. The minimum atomic E-state index is 0.240. The van der Waals surface area contributed by atoms with E-state index in [0.717, 1.165) is 13.0 Å². The molecule has 1 aromatic heterocycles. The van der Waals surface area contributed by atoms with E-state index in [0.29, 0.717) is 0 Å². The van der Waals surface area contributed by atoms with Crippen LogP contribution in [0.1, 0.15) is 46.7 Å². The quantitative estimate of drug-likeness (QED) is 0.874. The molecule has 0 saturated heterocycles. The average molecular weight is 254 g/mol. The Morgan fingerprint density at radius 2 is 1.89 bits per heavy atom. The minimum absolute atomic E-state index is 0.240. The van der Waals surface area contributed by atoms with Crippen molar-refractivity contribution in [3.63, 3.8) is 0 Å². The molecule has 0 saturated carbocycles. The minimum Gasteiger partial charge on any atom is -0.349 e. The molecule has 2 N–H and O–H groups in total. The monoisotopic (exact) mass is 254 g/mol. The molecule has 0 amide bonds. The van der Waals surface area contributed by atoms with Gasteiger partial charge in [0.1, 0.15) is 0 Å². The number of nitrogens with zero attached hydrogens (tertiary/aromatic N) is 1. The Kier molecular flexibility index (Phi) is 3.19. The van der Waals surface area contributed by atoms with Gasteiger partial charge in [0, 0.05) is 25.0 Å². The summed E-state index contributed by atoms with van der Waals surface area (Å²) in [5.74, 6) is 0. The molecule has 1 aliphatic rings. The lowest BCUT2D eigenvalue weighted by Crippen LogP contribution is -2.15. The summed E-state index contributed by atoms with van der Waals surface area (Å²) in [5, 5.41) is 0. The summed E-state index contributed by atoms with van der Waals surface area (Å²) in [7, 11) is 0. The van der Waals surface area contributed by atoms with E-state index in [1.807, 2.05) is 0 Å². The van der Waals surface area contributed by atoms with Gasteiger partial charge >= 0.3 is 0 Å². The Morgan fingerprint density at radius 3 is 2.58 bits per heavy atom. The molecule has 0 aliphatic heterocycles. The third-order valence-electron chi connectivity index (χ3n) is 4.00. The predicted molar refractivity (Wildman–Crippen MR) is 79.3 cm³/mol. The van der Waals surface area contributed by atoms with Gasteiger partial charge in [-0.05, 0) is 49.8 Å². The van der Waals surface area contributed by atoms with Crippen molar-refractivity contribution < 1.29 is 0 Å². The average Bonchev–Trinajstić information content (AvgIpc) is 2.71. The summed E-state index contributed by atoms with van der Waals surface area (Å²) in [6.07, 6.45) is 8.06. The first kappa shape index (κ1) is 12.5. The molecule has 2 heteroatoms. The van der Waals surface area contributed by atoms with Gasteiger partial charge in [-0.1, -0.05) is 29.3 Å². The second kappa shape index (κ2) is 4.86. The van der Waals surface area contributed by atoms with Crippen molar-refractivity contribution in [1.82, 2.24) is 4.57 Å². The molecule has 1 unspecified atom stereocenters. The summed E-state index contributed by atoms with van der Waals surface area (Å²) in [5.41, 5.74) is 13.0. The van der Waals surface area contributed by atoms with Crippen LogP contribution in [0, 0.1) is 13.8 Å². The summed E-state index contributed by atoms with van der Waals surface area (Å²) in [6.45, 7) is 5.27. The molecule has 19 heavy (non-hydrogen) atoms. The van der Waals surface area contributed by atoms with Crippen molar-refractivity contribution in [3.05, 3.63) is 58.4 Å². The molecule has 1 aliphatic carbocycles. The van der Waals surface area contributed by atoms with Gasteiger partial charge in [0.05, 0.1) is 0 Å². The van der Waals surface area contributed by atoms with Crippen LogP contribution in [0.15, 0.2) is 30.6 Å². The van der Waals surface area contributed by atoms with Gasteiger partial charge in [0.15, 0.2) is 0 Å². The van der Waals surface area contributed by atoms with Crippen LogP contribution in [-0.4, -0.2) is 4.57 Å². The molecule has 3 rings (SSSR count). The van der Waals surface area contributed by atoms with Crippen molar-refractivity contribution in [3.8, 4) is 0 Å². The lowest BCUT2D eigenvalue weighted by atomic mass is 9.92. The molecule has 2 aromatic rings. The van der Waals surface area contributed by atoms with Gasteiger partial charge in [-0.2, -0.15) is 0 Å². The van der Waals surface area contributed by atoms with E-state index in [4.69, 9.17) is 5.73 Å². The second-order valence-corrected chi connectivity index (χ2v) is 5.91. The number of aromatic nitrogens is 1. The Hall–Kier alpha value is -1.54. The maximum Gasteiger partial charge on any atom is 0.0470 e. The Balaban J connectivity index is 1.87. The smallest absolute Gasteiger partial charge is 0.0470 e. The number of benzene rings is 1. The Labute approximate surface area is 115 Å². The van der Waals surface area contributed by atoms with Gasteiger partial charge in [0.2, 0.25) is 0 Å². The third-order valence-corrected chi connectivity index (χ3v) is 4.00. The molecular formula is C17H22N2. The van der Waals surface area contributed by atoms with E-state index >= 15 is 0 Å². The van der Waals surface area contributed by atoms with Crippen LogP contribution in [0.3, 0.4) is 0 Å². The highest BCUT2D eigenvalue weighted by Crippen LogP contribution is 2.28. The first-order valence-corrected chi connectivity index (χ1v) is 7.13. The highest BCUT2D eigenvalue weighted by Gasteiger charge is 2.18. The molecule has 0 radical (unpaired) electrons. The van der Waals surface area contributed by atoms with Crippen LogP contribution >= 0.6 is 0 Å². The topological polar surface area (TPSA) is 30.9 Å². The predicted octanol–water partition coefficient (Wildman–Crippen LogP) is 3.49. The maximum atomic E-state index is 6.19. The zero-order valence-electron chi connectivity index (χ0n) is 11.8. The SMILES string of the molecule is Cc1cc(C)cc(Cn2cc3c(c2)C(N)CCC3)c1. The van der Waals surface area contributed by atoms with Gasteiger partial charge in [-0.15, -0.1) is 0 Å². The largest absolute Gasteiger partial charge is 0.349 e. The van der Waals surface area contributed by atoms with E-state index in [9.17, 15) is 0 Å². The van der Waals surface area contributed by atoms with E-state index in [1.54, 1.807) is 0 Å². The van der Waals surface area contributed by atoms with E-state index in [-0.39, 0.29) is 6.04 Å². The number of rotatable bonds is 2. The van der Waals surface area contributed by atoms with Crippen LogP contribution in [-0.2, 0) is 13.0 Å². The van der Waals surface area contributed by atoms with Crippen LogP contribution < -0.4 is 5.73 Å². The molecule has 0 spiro atoms. The normalized spacial score (nSPS) is 18.4. The number of hydrogen-bond donors (Lipinski definition) is 1. The maximum absolute atomic E-state index is 6.19.